The third kappa shape index (κ3) is 2.77. The molecule has 2 heterocycles. The number of fused-ring (bicyclic) bond motifs is 1. The van der Waals surface area contributed by atoms with Crippen LogP contribution in [0.1, 0.15) is 31.2 Å². The van der Waals surface area contributed by atoms with E-state index in [0.717, 1.165) is 26.3 Å². The van der Waals surface area contributed by atoms with E-state index in [2.05, 4.69) is 41.4 Å². The Morgan fingerprint density at radius 1 is 1.37 bits per heavy atom. The molecule has 2 unspecified atom stereocenters. The van der Waals surface area contributed by atoms with Crippen LogP contribution in [0.3, 0.4) is 0 Å². The molecule has 0 aliphatic carbocycles. The van der Waals surface area contributed by atoms with Gasteiger partial charge in [0.15, 0.2) is 0 Å². The maximum absolute atomic E-state index is 5.58. The van der Waals surface area contributed by atoms with E-state index < -0.39 is 0 Å². The van der Waals surface area contributed by atoms with Crippen molar-refractivity contribution in [1.82, 2.24) is 4.90 Å². The Hall–Kier alpha value is -1.06. The first-order chi connectivity index (χ1) is 9.38. The maximum Gasteiger partial charge on any atom is 0.0622 e. The minimum Gasteiger partial charge on any atom is -0.384 e. The first-order valence-corrected chi connectivity index (χ1v) is 7.53. The van der Waals surface area contributed by atoms with Crippen molar-refractivity contribution in [2.24, 2.45) is 0 Å². The van der Waals surface area contributed by atoms with Crippen LogP contribution < -0.4 is 5.32 Å². The molecule has 2 atom stereocenters. The summed E-state index contributed by atoms with van der Waals surface area (Å²) < 4.78 is 5.58. The van der Waals surface area contributed by atoms with Gasteiger partial charge >= 0.3 is 0 Å². The number of ether oxygens (including phenoxy) is 1. The van der Waals surface area contributed by atoms with Crippen molar-refractivity contribution in [3.63, 3.8) is 0 Å². The molecule has 2 aliphatic heterocycles. The van der Waals surface area contributed by atoms with Crippen molar-refractivity contribution in [1.29, 1.82) is 0 Å². The quantitative estimate of drug-likeness (QED) is 0.901. The van der Waals surface area contributed by atoms with Crippen LogP contribution in [0.5, 0.6) is 0 Å². The normalized spacial score (nSPS) is 27.0. The molecule has 1 saturated heterocycles. The highest BCUT2D eigenvalue weighted by atomic mass is 16.5. The highest BCUT2D eigenvalue weighted by molar-refractivity contribution is 5.57. The number of benzene rings is 1. The lowest BCUT2D eigenvalue weighted by Crippen LogP contribution is -2.45. The molecule has 2 aliphatic rings. The number of anilines is 1. The number of hydrogen-bond donors (Lipinski definition) is 1. The Kier molecular flexibility index (Phi) is 4.04. The van der Waals surface area contributed by atoms with Crippen molar-refractivity contribution < 1.29 is 4.74 Å². The van der Waals surface area contributed by atoms with Crippen LogP contribution in [0, 0.1) is 0 Å². The van der Waals surface area contributed by atoms with Crippen LogP contribution in [0.2, 0.25) is 0 Å². The van der Waals surface area contributed by atoms with Gasteiger partial charge in [-0.05, 0) is 31.0 Å². The van der Waals surface area contributed by atoms with Crippen LogP contribution >= 0.6 is 0 Å². The number of nitrogens with one attached hydrogen (secondary N) is 1. The highest BCUT2D eigenvalue weighted by Gasteiger charge is 2.25. The predicted octanol–water partition coefficient (Wildman–Crippen LogP) is 2.70. The second-order valence-electron chi connectivity index (χ2n) is 5.63. The van der Waals surface area contributed by atoms with Crippen molar-refractivity contribution in [2.75, 3.05) is 38.2 Å². The average molecular weight is 260 g/mol. The van der Waals surface area contributed by atoms with Gasteiger partial charge in [-0.25, -0.2) is 0 Å². The zero-order valence-electron chi connectivity index (χ0n) is 11.8. The highest BCUT2D eigenvalue weighted by Crippen LogP contribution is 2.33. The van der Waals surface area contributed by atoms with Crippen LogP contribution in [0.25, 0.3) is 0 Å². The molecule has 0 saturated carbocycles. The van der Waals surface area contributed by atoms with E-state index in [1.807, 2.05) is 0 Å². The summed E-state index contributed by atoms with van der Waals surface area (Å²) in [6.07, 6.45) is 2.44. The number of para-hydroxylation sites is 1. The molecule has 1 aromatic carbocycles. The smallest absolute Gasteiger partial charge is 0.0622 e. The summed E-state index contributed by atoms with van der Waals surface area (Å²) in [4.78, 5) is 2.62. The van der Waals surface area contributed by atoms with E-state index in [0.29, 0.717) is 12.0 Å². The summed E-state index contributed by atoms with van der Waals surface area (Å²) in [6, 6.07) is 9.36. The Labute approximate surface area is 115 Å². The third-order valence-corrected chi connectivity index (χ3v) is 4.53. The number of nitrogens with zero attached hydrogens (tertiary/aromatic N) is 1. The minimum atomic E-state index is 0.623. The molecule has 3 rings (SSSR count). The van der Waals surface area contributed by atoms with Crippen molar-refractivity contribution >= 4 is 5.69 Å². The van der Waals surface area contributed by atoms with Crippen molar-refractivity contribution in [3.8, 4) is 0 Å². The fourth-order valence-electron chi connectivity index (χ4n) is 3.30. The standard InChI is InChI=1S/C16H24N2O/c1-2-14-12-19-10-9-18(14)8-7-13-11-17-16-6-4-3-5-15(13)16/h3-6,13-14,17H,2,7-12H2,1H3. The van der Waals surface area contributed by atoms with E-state index in [-0.39, 0.29) is 0 Å². The Morgan fingerprint density at radius 3 is 3.16 bits per heavy atom. The first kappa shape index (κ1) is 12.9. The Balaban J connectivity index is 1.58. The van der Waals surface area contributed by atoms with Gasteiger partial charge in [0, 0.05) is 30.7 Å². The molecular weight excluding hydrogens is 236 g/mol. The molecule has 1 aromatic rings. The fraction of sp³-hybridized carbons (Fsp3) is 0.625. The van der Waals surface area contributed by atoms with E-state index in [1.54, 1.807) is 0 Å². The number of hydrogen-bond acceptors (Lipinski definition) is 3. The molecule has 0 spiro atoms. The summed E-state index contributed by atoms with van der Waals surface area (Å²) in [5.41, 5.74) is 2.84. The molecule has 0 bridgehead atoms. The second-order valence-corrected chi connectivity index (χ2v) is 5.63. The van der Waals surface area contributed by atoms with Crippen LogP contribution in [0.4, 0.5) is 5.69 Å². The third-order valence-electron chi connectivity index (χ3n) is 4.53. The summed E-state index contributed by atoms with van der Waals surface area (Å²) >= 11 is 0. The van der Waals surface area contributed by atoms with Gasteiger partial charge in [-0.15, -0.1) is 0 Å². The van der Waals surface area contributed by atoms with E-state index in [1.165, 1.54) is 30.6 Å². The minimum absolute atomic E-state index is 0.623. The monoisotopic (exact) mass is 260 g/mol. The van der Waals surface area contributed by atoms with Gasteiger partial charge in [-0.1, -0.05) is 25.1 Å². The number of morpholine rings is 1. The molecule has 1 fully saturated rings. The largest absolute Gasteiger partial charge is 0.384 e. The summed E-state index contributed by atoms with van der Waals surface area (Å²) in [6.45, 7) is 7.47. The summed E-state index contributed by atoms with van der Waals surface area (Å²) in [7, 11) is 0. The molecule has 3 nitrogen and oxygen atoms in total. The zero-order valence-corrected chi connectivity index (χ0v) is 11.8. The topological polar surface area (TPSA) is 24.5 Å². The molecule has 3 heteroatoms. The van der Waals surface area contributed by atoms with Crippen molar-refractivity contribution in [3.05, 3.63) is 29.8 Å². The van der Waals surface area contributed by atoms with Crippen LogP contribution in [-0.2, 0) is 4.74 Å². The Bertz CT molecular complexity index is 421. The predicted molar refractivity (Wildman–Crippen MR) is 78.8 cm³/mol. The molecule has 19 heavy (non-hydrogen) atoms. The molecule has 104 valence electrons. The number of rotatable bonds is 4. The van der Waals surface area contributed by atoms with E-state index >= 15 is 0 Å². The van der Waals surface area contributed by atoms with E-state index in [4.69, 9.17) is 4.74 Å². The lowest BCUT2D eigenvalue weighted by atomic mass is 9.97. The second kappa shape index (κ2) is 5.93. The molecular formula is C16H24N2O. The van der Waals surface area contributed by atoms with Gasteiger partial charge < -0.3 is 10.1 Å². The van der Waals surface area contributed by atoms with Crippen LogP contribution in [0.15, 0.2) is 24.3 Å². The van der Waals surface area contributed by atoms with Gasteiger partial charge in [0.05, 0.1) is 13.2 Å². The van der Waals surface area contributed by atoms with Gasteiger partial charge in [0.1, 0.15) is 0 Å². The maximum atomic E-state index is 5.58. The van der Waals surface area contributed by atoms with Gasteiger partial charge in [-0.2, -0.15) is 0 Å². The summed E-state index contributed by atoms with van der Waals surface area (Å²) in [5.74, 6) is 0.677. The van der Waals surface area contributed by atoms with E-state index in [9.17, 15) is 0 Å². The molecule has 0 amide bonds. The van der Waals surface area contributed by atoms with Gasteiger partial charge in [0.2, 0.25) is 0 Å². The lowest BCUT2D eigenvalue weighted by molar-refractivity contribution is -0.00952. The summed E-state index contributed by atoms with van der Waals surface area (Å²) in [5, 5.41) is 3.52. The molecule has 1 N–H and O–H groups in total. The first-order valence-electron chi connectivity index (χ1n) is 7.53. The average Bonchev–Trinajstić information content (AvgIpc) is 2.89. The van der Waals surface area contributed by atoms with Crippen LogP contribution in [-0.4, -0.2) is 43.8 Å². The SMILES string of the molecule is CCC1COCCN1CCC1CNc2ccccc21. The molecule has 0 aromatic heterocycles. The fourth-order valence-corrected chi connectivity index (χ4v) is 3.30. The van der Waals surface area contributed by atoms with Crippen molar-refractivity contribution in [2.45, 2.75) is 31.7 Å². The lowest BCUT2D eigenvalue weighted by Gasteiger charge is -2.35. The zero-order chi connectivity index (χ0) is 13.1. The van der Waals surface area contributed by atoms with Gasteiger partial charge in [-0.3, -0.25) is 4.90 Å². The van der Waals surface area contributed by atoms with Gasteiger partial charge in [0.25, 0.3) is 0 Å². The molecule has 0 radical (unpaired) electrons. The Morgan fingerprint density at radius 2 is 2.26 bits per heavy atom.